The van der Waals surface area contributed by atoms with Gasteiger partial charge in [-0.25, -0.2) is 19.2 Å². The lowest BCUT2D eigenvalue weighted by molar-refractivity contribution is -0.124. The maximum atomic E-state index is 15.3. The number of hydrogen-bond acceptors (Lipinski definition) is 10. The fourth-order valence-electron chi connectivity index (χ4n) is 5.86. The van der Waals surface area contributed by atoms with Crippen molar-refractivity contribution in [2.45, 2.75) is 38.8 Å². The van der Waals surface area contributed by atoms with Gasteiger partial charge in [-0.3, -0.25) is 9.69 Å². The van der Waals surface area contributed by atoms with Gasteiger partial charge in [-0.2, -0.15) is 9.78 Å². The summed E-state index contributed by atoms with van der Waals surface area (Å²) in [5, 5.41) is 11.2. The molecule has 12 nitrogen and oxygen atoms in total. The number of amides is 1. The van der Waals surface area contributed by atoms with E-state index in [-0.39, 0.29) is 24.2 Å². The number of benzene rings is 2. The predicted molar refractivity (Wildman–Crippen MR) is 177 cm³/mol. The van der Waals surface area contributed by atoms with Crippen molar-refractivity contribution in [2.24, 2.45) is 0 Å². The van der Waals surface area contributed by atoms with Gasteiger partial charge in [-0.15, -0.1) is 0 Å². The molecule has 0 radical (unpaired) electrons. The van der Waals surface area contributed by atoms with Crippen LogP contribution in [0.2, 0.25) is 0 Å². The van der Waals surface area contributed by atoms with Gasteiger partial charge in [0.25, 0.3) is 0 Å². The van der Waals surface area contributed by atoms with E-state index in [1.165, 1.54) is 4.68 Å². The molecule has 0 spiro atoms. The molecule has 2 N–H and O–H groups in total. The molecule has 6 rings (SSSR count). The second kappa shape index (κ2) is 13.2. The predicted octanol–water partition coefficient (Wildman–Crippen LogP) is 4.68. The van der Waals surface area contributed by atoms with Crippen LogP contribution >= 0.6 is 0 Å². The van der Waals surface area contributed by atoms with Crippen molar-refractivity contribution >= 4 is 45.8 Å². The zero-order valence-electron chi connectivity index (χ0n) is 27.2. The standard InChI is InChI=1S/C34H39FN8O4/c1-34(2,3)47-33(45)43-28-17-22(10-9-21(28)18-37-43)38-32-36-19-26(35)30(40-32)25-12-11-24-23(25)7-6-8-27(24)39-31(44)29(20-46-5)42-15-13-41(4)14-16-42/h6-10,12,17-19,29H,11,13-16,20H2,1-5H3,(H,39,44)(H,36,38,40)/t29-/m1/s1. The Morgan fingerprint density at radius 2 is 1.87 bits per heavy atom. The van der Waals surface area contributed by atoms with Gasteiger partial charge in [0.15, 0.2) is 5.82 Å². The zero-order chi connectivity index (χ0) is 33.3. The summed E-state index contributed by atoms with van der Waals surface area (Å²) in [4.78, 5) is 39.3. The molecule has 47 heavy (non-hydrogen) atoms. The first-order chi connectivity index (χ1) is 22.5. The van der Waals surface area contributed by atoms with Crippen LogP contribution < -0.4 is 10.6 Å². The molecule has 1 fully saturated rings. The van der Waals surface area contributed by atoms with Crippen molar-refractivity contribution in [1.29, 1.82) is 0 Å². The molecule has 0 unspecified atom stereocenters. The van der Waals surface area contributed by atoms with Crippen molar-refractivity contribution in [3.05, 3.63) is 77.5 Å². The number of halogens is 1. The molecular weight excluding hydrogens is 603 g/mol. The van der Waals surface area contributed by atoms with E-state index in [4.69, 9.17) is 9.47 Å². The first-order valence-electron chi connectivity index (χ1n) is 15.6. The summed E-state index contributed by atoms with van der Waals surface area (Å²) in [5.74, 6) is -0.529. The Balaban J connectivity index is 1.22. The lowest BCUT2D eigenvalue weighted by atomic mass is 10.0. The molecule has 246 valence electrons. The minimum Gasteiger partial charge on any atom is -0.442 e. The first-order valence-corrected chi connectivity index (χ1v) is 15.6. The zero-order valence-corrected chi connectivity index (χ0v) is 27.2. The van der Waals surface area contributed by atoms with E-state index in [2.05, 4.69) is 42.5 Å². The van der Waals surface area contributed by atoms with Crippen molar-refractivity contribution in [3.63, 3.8) is 0 Å². The number of carbonyl (C=O) groups is 2. The summed E-state index contributed by atoms with van der Waals surface area (Å²) >= 11 is 0. The Hall–Kier alpha value is -4.72. The Labute approximate surface area is 272 Å². The highest BCUT2D eigenvalue weighted by Gasteiger charge is 2.30. The van der Waals surface area contributed by atoms with Crippen molar-refractivity contribution in [3.8, 4) is 0 Å². The van der Waals surface area contributed by atoms with E-state index in [9.17, 15) is 9.59 Å². The number of rotatable bonds is 8. The maximum Gasteiger partial charge on any atom is 0.435 e. The van der Waals surface area contributed by atoms with Crippen molar-refractivity contribution < 1.29 is 23.5 Å². The topological polar surface area (TPSA) is 127 Å². The highest BCUT2D eigenvalue weighted by atomic mass is 19.1. The van der Waals surface area contributed by atoms with E-state index in [0.717, 1.165) is 48.9 Å². The smallest absolute Gasteiger partial charge is 0.435 e. The minimum atomic E-state index is -0.680. The van der Waals surface area contributed by atoms with Gasteiger partial charge < -0.3 is 25.0 Å². The number of allylic oxidation sites excluding steroid dienone is 1. The molecule has 13 heteroatoms. The van der Waals surface area contributed by atoms with Crippen LogP contribution in [0.1, 0.15) is 37.6 Å². The maximum absolute atomic E-state index is 15.3. The normalized spacial score (nSPS) is 16.1. The largest absolute Gasteiger partial charge is 0.442 e. The van der Waals surface area contributed by atoms with Gasteiger partial charge in [-0.05, 0) is 69.6 Å². The summed E-state index contributed by atoms with van der Waals surface area (Å²) in [6.45, 7) is 8.97. The van der Waals surface area contributed by atoms with E-state index >= 15 is 4.39 Å². The molecule has 1 aliphatic heterocycles. The van der Waals surface area contributed by atoms with Crippen LogP contribution in [0.15, 0.2) is 54.9 Å². The Morgan fingerprint density at radius 3 is 2.62 bits per heavy atom. The molecule has 4 aromatic rings. The average Bonchev–Trinajstić information content (AvgIpc) is 3.66. The second-order valence-corrected chi connectivity index (χ2v) is 12.8. The molecular formula is C34H39FN8O4. The van der Waals surface area contributed by atoms with Crippen LogP contribution in [0.3, 0.4) is 0 Å². The number of nitrogens with one attached hydrogen (secondary N) is 2. The van der Waals surface area contributed by atoms with Crippen molar-refractivity contribution in [1.82, 2.24) is 29.5 Å². The van der Waals surface area contributed by atoms with Crippen LogP contribution in [-0.4, -0.2) is 100 Å². The van der Waals surface area contributed by atoms with E-state index in [1.54, 1.807) is 46.2 Å². The van der Waals surface area contributed by atoms with E-state index in [0.29, 0.717) is 28.9 Å². The monoisotopic (exact) mass is 642 g/mol. The molecule has 1 aliphatic carbocycles. The number of hydrogen-bond donors (Lipinski definition) is 2. The quantitative estimate of drug-likeness (QED) is 0.280. The third-order valence-electron chi connectivity index (χ3n) is 8.23. The van der Waals surface area contributed by atoms with Crippen LogP contribution in [0, 0.1) is 5.82 Å². The van der Waals surface area contributed by atoms with Crippen LogP contribution in [0.25, 0.3) is 16.5 Å². The number of nitrogens with zero attached hydrogens (tertiary/aromatic N) is 6. The second-order valence-electron chi connectivity index (χ2n) is 12.8. The van der Waals surface area contributed by atoms with Crippen LogP contribution in [0.4, 0.5) is 26.5 Å². The molecule has 1 amide bonds. The summed E-state index contributed by atoms with van der Waals surface area (Å²) in [6.07, 6.45) is 4.53. The number of methoxy groups -OCH3 is 1. The van der Waals surface area contributed by atoms with Gasteiger partial charge in [0.05, 0.1) is 24.5 Å². The Bertz CT molecular complexity index is 1840. The van der Waals surface area contributed by atoms with Crippen LogP contribution in [-0.2, 0) is 20.7 Å². The third kappa shape index (κ3) is 7.02. The Kier molecular flexibility index (Phi) is 9.04. The van der Waals surface area contributed by atoms with Crippen LogP contribution in [0.5, 0.6) is 0 Å². The molecule has 0 bridgehead atoms. The van der Waals surface area contributed by atoms with Gasteiger partial charge in [-0.1, -0.05) is 18.2 Å². The molecule has 0 saturated carbocycles. The summed E-state index contributed by atoms with van der Waals surface area (Å²) in [5.41, 5.74) is 3.54. The fourth-order valence-corrected chi connectivity index (χ4v) is 5.86. The number of aromatic nitrogens is 4. The molecule has 2 aliphatic rings. The van der Waals surface area contributed by atoms with Gasteiger partial charge >= 0.3 is 6.09 Å². The molecule has 2 aromatic carbocycles. The number of fused-ring (bicyclic) bond motifs is 2. The van der Waals surface area contributed by atoms with E-state index < -0.39 is 23.6 Å². The van der Waals surface area contributed by atoms with Gasteiger partial charge in [0.2, 0.25) is 11.9 Å². The molecule has 3 heterocycles. The average molecular weight is 643 g/mol. The Morgan fingerprint density at radius 1 is 1.09 bits per heavy atom. The molecule has 1 saturated heterocycles. The molecule has 1 atom stereocenters. The van der Waals surface area contributed by atoms with Crippen molar-refractivity contribution in [2.75, 3.05) is 57.6 Å². The number of likely N-dealkylation sites (N-methyl/N-ethyl adjacent to an activating group) is 1. The summed E-state index contributed by atoms with van der Waals surface area (Å²) in [6, 6.07) is 10.5. The number of ether oxygens (including phenoxy) is 2. The summed E-state index contributed by atoms with van der Waals surface area (Å²) in [7, 11) is 3.67. The number of carbonyl (C=O) groups excluding carboxylic acids is 2. The van der Waals surface area contributed by atoms with Gasteiger partial charge in [0, 0.05) is 55.6 Å². The number of piperazine rings is 1. The fraction of sp³-hybridized carbons (Fsp3) is 0.382. The summed E-state index contributed by atoms with van der Waals surface area (Å²) < 4.78 is 27.4. The van der Waals surface area contributed by atoms with E-state index in [1.807, 2.05) is 30.3 Å². The lowest BCUT2D eigenvalue weighted by Crippen LogP contribution is -2.54. The van der Waals surface area contributed by atoms with Gasteiger partial charge in [0.1, 0.15) is 17.3 Å². The minimum absolute atomic E-state index is 0.136. The highest BCUT2D eigenvalue weighted by Crippen LogP contribution is 2.37. The molecule has 2 aromatic heterocycles. The number of anilines is 3. The highest BCUT2D eigenvalue weighted by molar-refractivity contribution is 5.98. The SMILES string of the molecule is COC[C@H](C(=O)Nc1cccc2c1CC=C2c1nc(Nc2ccc3cnn(C(=O)OC(C)(C)C)c3c2)ncc1F)N1CCN(C)CC1. The third-order valence-corrected chi connectivity index (χ3v) is 8.23. The lowest BCUT2D eigenvalue weighted by Gasteiger charge is -2.36. The first kappa shape index (κ1) is 32.2.